The lowest BCUT2D eigenvalue weighted by molar-refractivity contribution is -0.138. The van der Waals surface area contributed by atoms with Crippen LogP contribution in [-0.2, 0) is 22.7 Å². The third kappa shape index (κ3) is 6.40. The standard InChI is InChI=1S/C23H24ClFN8O4/c1-12(2)32(10-18(34)28-9-14-4-3-5-16(24)20(14)25)19(35)11-33-17-7-6-13(23(37)29-31-27)8-15(17)21(30-33)22(26)36/h3-8,12,22,36H,9-11,26H2,1-2H3,(H,28,34). The summed E-state index contributed by atoms with van der Waals surface area (Å²) in [7, 11) is 0. The Balaban J connectivity index is 1.79. The van der Waals surface area contributed by atoms with Gasteiger partial charge < -0.3 is 21.1 Å². The van der Waals surface area contributed by atoms with Crippen molar-refractivity contribution in [1.29, 1.82) is 0 Å². The van der Waals surface area contributed by atoms with Crippen molar-refractivity contribution in [2.45, 2.75) is 39.2 Å². The molecule has 194 valence electrons. The fraction of sp³-hybridized carbons (Fsp3) is 0.304. The van der Waals surface area contributed by atoms with Crippen molar-refractivity contribution in [2.75, 3.05) is 6.54 Å². The molecule has 1 atom stereocenters. The number of benzene rings is 2. The largest absolute Gasteiger partial charge is 0.373 e. The van der Waals surface area contributed by atoms with E-state index in [4.69, 9.17) is 22.9 Å². The Morgan fingerprint density at radius 3 is 2.70 bits per heavy atom. The summed E-state index contributed by atoms with van der Waals surface area (Å²) in [5.41, 5.74) is 14.8. The summed E-state index contributed by atoms with van der Waals surface area (Å²) in [5, 5.41) is 20.0. The molecule has 37 heavy (non-hydrogen) atoms. The third-order valence-electron chi connectivity index (χ3n) is 5.49. The van der Waals surface area contributed by atoms with Crippen LogP contribution >= 0.6 is 11.6 Å². The Kier molecular flexibility index (Phi) is 8.79. The lowest BCUT2D eigenvalue weighted by Gasteiger charge is -2.26. The number of halogens is 2. The number of nitrogens with one attached hydrogen (secondary N) is 1. The van der Waals surface area contributed by atoms with Gasteiger partial charge in [-0.25, -0.2) is 4.39 Å². The predicted octanol–water partition coefficient (Wildman–Crippen LogP) is 2.78. The minimum atomic E-state index is -1.51. The molecule has 0 aliphatic carbocycles. The summed E-state index contributed by atoms with van der Waals surface area (Å²) in [4.78, 5) is 41.4. The first kappa shape index (κ1) is 27.6. The molecular weight excluding hydrogens is 507 g/mol. The van der Waals surface area contributed by atoms with Gasteiger partial charge in [0.1, 0.15) is 24.3 Å². The van der Waals surface area contributed by atoms with Gasteiger partial charge in [0.05, 0.1) is 17.1 Å². The maximum Gasteiger partial charge on any atom is 0.249 e. The van der Waals surface area contributed by atoms with E-state index in [-0.39, 0.29) is 47.5 Å². The van der Waals surface area contributed by atoms with Gasteiger partial charge in [-0.05, 0) is 48.8 Å². The molecule has 0 saturated carbocycles. The molecule has 0 radical (unpaired) electrons. The first-order chi connectivity index (χ1) is 17.5. The van der Waals surface area contributed by atoms with E-state index in [1.807, 2.05) is 0 Å². The van der Waals surface area contributed by atoms with E-state index in [1.54, 1.807) is 19.9 Å². The Morgan fingerprint density at radius 2 is 2.05 bits per heavy atom. The van der Waals surface area contributed by atoms with Crippen LogP contribution in [0, 0.1) is 5.82 Å². The third-order valence-corrected chi connectivity index (χ3v) is 5.78. The zero-order valence-electron chi connectivity index (χ0n) is 19.9. The molecule has 0 aliphatic rings. The normalized spacial score (nSPS) is 11.8. The van der Waals surface area contributed by atoms with E-state index < -0.39 is 29.8 Å². The number of rotatable bonds is 9. The highest BCUT2D eigenvalue weighted by molar-refractivity contribution is 6.30. The highest BCUT2D eigenvalue weighted by Crippen LogP contribution is 2.24. The average molecular weight is 531 g/mol. The number of amides is 3. The van der Waals surface area contributed by atoms with Crippen LogP contribution in [0.15, 0.2) is 41.5 Å². The number of hydrogen-bond acceptors (Lipinski definition) is 6. The van der Waals surface area contributed by atoms with E-state index in [2.05, 4.69) is 20.4 Å². The minimum absolute atomic E-state index is 0.00998. The molecule has 3 rings (SSSR count). The zero-order valence-corrected chi connectivity index (χ0v) is 20.7. The van der Waals surface area contributed by atoms with Crippen LogP contribution in [0.5, 0.6) is 0 Å². The number of hydrogen-bond donors (Lipinski definition) is 3. The van der Waals surface area contributed by atoms with Crippen LogP contribution in [-0.4, -0.2) is 50.1 Å². The lowest BCUT2D eigenvalue weighted by atomic mass is 10.1. The predicted molar refractivity (Wildman–Crippen MR) is 132 cm³/mol. The van der Waals surface area contributed by atoms with Gasteiger partial charge in [-0.2, -0.15) is 5.10 Å². The molecule has 14 heteroatoms. The average Bonchev–Trinajstić information content (AvgIpc) is 3.21. The topological polar surface area (TPSA) is 179 Å². The Bertz CT molecular complexity index is 1400. The summed E-state index contributed by atoms with van der Waals surface area (Å²) in [6.07, 6.45) is -1.51. The number of fused-ring (bicyclic) bond motifs is 1. The van der Waals surface area contributed by atoms with Gasteiger partial charge in [0.2, 0.25) is 17.7 Å². The second kappa shape index (κ2) is 11.8. The number of aliphatic hydroxyl groups is 1. The molecule has 1 aromatic heterocycles. The number of carbonyl (C=O) groups excluding carboxylic acids is 3. The van der Waals surface area contributed by atoms with Gasteiger partial charge in [0.15, 0.2) is 0 Å². The molecule has 3 amide bonds. The summed E-state index contributed by atoms with van der Waals surface area (Å²) < 4.78 is 15.4. The van der Waals surface area contributed by atoms with Gasteiger partial charge in [0.25, 0.3) is 0 Å². The van der Waals surface area contributed by atoms with E-state index in [9.17, 15) is 23.9 Å². The van der Waals surface area contributed by atoms with Crippen LogP contribution in [0.2, 0.25) is 5.02 Å². The maximum atomic E-state index is 14.1. The number of carbonyl (C=O) groups is 3. The Morgan fingerprint density at radius 1 is 1.32 bits per heavy atom. The fourth-order valence-corrected chi connectivity index (χ4v) is 3.84. The number of nitrogens with zero attached hydrogens (tertiary/aromatic N) is 6. The molecule has 1 unspecified atom stereocenters. The van der Waals surface area contributed by atoms with Crippen LogP contribution in [0.4, 0.5) is 4.39 Å². The molecule has 0 aliphatic heterocycles. The maximum absolute atomic E-state index is 14.1. The summed E-state index contributed by atoms with van der Waals surface area (Å²) >= 11 is 5.77. The second-order valence-electron chi connectivity index (χ2n) is 8.32. The van der Waals surface area contributed by atoms with Crippen LogP contribution < -0.4 is 11.1 Å². The molecule has 0 bridgehead atoms. The fourth-order valence-electron chi connectivity index (χ4n) is 3.64. The molecule has 2 aromatic carbocycles. The Labute approximate surface area is 215 Å². The summed E-state index contributed by atoms with van der Waals surface area (Å²) in [6, 6.07) is 8.31. The molecule has 0 saturated heterocycles. The minimum Gasteiger partial charge on any atom is -0.373 e. The summed E-state index contributed by atoms with van der Waals surface area (Å²) in [5.74, 6) is -2.43. The quantitative estimate of drug-likeness (QED) is 0.165. The monoisotopic (exact) mass is 530 g/mol. The van der Waals surface area contributed by atoms with Crippen molar-refractivity contribution in [2.24, 2.45) is 10.8 Å². The number of aliphatic hydroxyl groups excluding tert-OH is 1. The molecule has 1 heterocycles. The van der Waals surface area contributed by atoms with Gasteiger partial charge in [0, 0.05) is 34.0 Å². The summed E-state index contributed by atoms with van der Waals surface area (Å²) in [6.45, 7) is 2.75. The van der Waals surface area contributed by atoms with Gasteiger partial charge in [-0.15, -0.1) is 0 Å². The lowest BCUT2D eigenvalue weighted by Crippen LogP contribution is -2.45. The Hall–Kier alpha value is -4.03. The molecular formula is C23H24ClFN8O4. The molecule has 0 fully saturated rings. The smallest absolute Gasteiger partial charge is 0.249 e. The first-order valence-corrected chi connectivity index (χ1v) is 11.4. The molecule has 3 aromatic rings. The van der Waals surface area contributed by atoms with Crippen molar-refractivity contribution in [3.8, 4) is 0 Å². The van der Waals surface area contributed by atoms with E-state index >= 15 is 0 Å². The molecule has 12 nitrogen and oxygen atoms in total. The van der Waals surface area contributed by atoms with Crippen LogP contribution in [0.3, 0.4) is 0 Å². The number of aromatic nitrogens is 2. The van der Waals surface area contributed by atoms with Crippen molar-refractivity contribution >= 4 is 40.2 Å². The second-order valence-corrected chi connectivity index (χ2v) is 8.73. The van der Waals surface area contributed by atoms with Crippen LogP contribution in [0.1, 0.15) is 41.7 Å². The molecule has 0 spiro atoms. The SMILES string of the molecule is CC(C)N(CC(=O)NCc1cccc(Cl)c1F)C(=O)Cn1nc(C(N)O)c2cc(C(=O)N=[N+]=[N-])ccc21. The van der Waals surface area contributed by atoms with Crippen molar-refractivity contribution in [1.82, 2.24) is 20.0 Å². The van der Waals surface area contributed by atoms with E-state index in [0.717, 1.165) is 0 Å². The highest BCUT2D eigenvalue weighted by atomic mass is 35.5. The van der Waals surface area contributed by atoms with E-state index in [1.165, 1.54) is 39.9 Å². The molecule has 4 N–H and O–H groups in total. The van der Waals surface area contributed by atoms with Gasteiger partial charge in [-0.3, -0.25) is 19.1 Å². The van der Waals surface area contributed by atoms with Crippen LogP contribution in [0.25, 0.3) is 21.3 Å². The number of azide groups is 1. The van der Waals surface area contributed by atoms with Gasteiger partial charge in [-0.1, -0.05) is 23.7 Å². The van der Waals surface area contributed by atoms with Gasteiger partial charge >= 0.3 is 0 Å². The van der Waals surface area contributed by atoms with Crippen molar-refractivity contribution in [3.63, 3.8) is 0 Å². The number of nitrogens with two attached hydrogens (primary N) is 1. The van der Waals surface area contributed by atoms with E-state index in [0.29, 0.717) is 10.9 Å². The zero-order chi connectivity index (χ0) is 27.3. The first-order valence-electron chi connectivity index (χ1n) is 11.1. The van der Waals surface area contributed by atoms with Crippen molar-refractivity contribution < 1.29 is 23.9 Å². The highest BCUT2D eigenvalue weighted by Gasteiger charge is 2.24. The van der Waals surface area contributed by atoms with Crippen molar-refractivity contribution in [3.05, 3.63) is 74.5 Å².